The average molecular weight is 259 g/mol. The van der Waals surface area contributed by atoms with Crippen molar-refractivity contribution < 1.29 is 14.3 Å². The molecular weight excluding hydrogens is 242 g/mol. The fraction of sp³-hybridized carbons (Fsp3) is 0.333. The predicted molar refractivity (Wildman–Crippen MR) is 72.4 cm³/mol. The quantitative estimate of drug-likeness (QED) is 0.840. The molecule has 0 spiro atoms. The summed E-state index contributed by atoms with van der Waals surface area (Å²) in [6.07, 6.45) is 3.70. The van der Waals surface area contributed by atoms with Crippen LogP contribution in [-0.4, -0.2) is 25.0 Å². The molecule has 1 aliphatic carbocycles. The summed E-state index contributed by atoms with van der Waals surface area (Å²) in [6.45, 7) is 1.61. The number of esters is 1. The van der Waals surface area contributed by atoms with Crippen molar-refractivity contribution >= 4 is 17.4 Å². The van der Waals surface area contributed by atoms with Crippen LogP contribution in [0.3, 0.4) is 0 Å². The molecule has 1 aromatic rings. The first-order valence-electron chi connectivity index (χ1n) is 6.30. The average Bonchev–Trinajstić information content (AvgIpc) is 2.45. The van der Waals surface area contributed by atoms with Crippen LogP contribution >= 0.6 is 0 Å². The highest BCUT2D eigenvalue weighted by molar-refractivity contribution is 6.20. The van der Waals surface area contributed by atoms with Gasteiger partial charge in [0.15, 0.2) is 0 Å². The molecule has 0 aromatic heterocycles. The molecule has 1 atom stereocenters. The number of hydrogen-bond donors (Lipinski definition) is 1. The van der Waals surface area contributed by atoms with Gasteiger partial charge in [-0.05, 0) is 30.9 Å². The maximum absolute atomic E-state index is 12.2. The first-order valence-corrected chi connectivity index (χ1v) is 6.30. The minimum Gasteiger partial charge on any atom is -0.467 e. The fourth-order valence-corrected chi connectivity index (χ4v) is 2.21. The van der Waals surface area contributed by atoms with Crippen LogP contribution in [0.4, 0.5) is 0 Å². The number of allylic oxidation sites excluding steroid dienone is 1. The fourth-order valence-electron chi connectivity index (χ4n) is 2.21. The molecule has 0 bridgehead atoms. The largest absolute Gasteiger partial charge is 0.467 e. The number of methoxy groups -OCH3 is 1. The zero-order valence-corrected chi connectivity index (χ0v) is 11.1. The Labute approximate surface area is 112 Å². The lowest BCUT2D eigenvalue weighted by Gasteiger charge is -2.19. The van der Waals surface area contributed by atoms with Crippen molar-refractivity contribution in [2.45, 2.75) is 25.8 Å². The number of aryl methyl sites for hydroxylation is 1. The van der Waals surface area contributed by atoms with Gasteiger partial charge in [0.1, 0.15) is 6.04 Å². The van der Waals surface area contributed by atoms with Crippen molar-refractivity contribution in [1.82, 2.24) is 5.32 Å². The third kappa shape index (κ3) is 2.84. The van der Waals surface area contributed by atoms with Crippen LogP contribution in [0.5, 0.6) is 0 Å². The summed E-state index contributed by atoms with van der Waals surface area (Å²) < 4.78 is 4.60. The summed E-state index contributed by atoms with van der Waals surface area (Å²) in [5.41, 5.74) is 2.75. The zero-order chi connectivity index (χ0) is 13.8. The summed E-state index contributed by atoms with van der Waals surface area (Å²) in [6, 6.07) is 7.20. The van der Waals surface area contributed by atoms with Crippen molar-refractivity contribution in [1.29, 1.82) is 0 Å². The Kier molecular flexibility index (Phi) is 4.00. The Morgan fingerprint density at radius 1 is 1.32 bits per heavy atom. The number of benzene rings is 1. The van der Waals surface area contributed by atoms with Gasteiger partial charge in [0.05, 0.1) is 7.11 Å². The lowest BCUT2D eigenvalue weighted by Crippen LogP contribution is -2.39. The molecule has 0 fully saturated rings. The van der Waals surface area contributed by atoms with Gasteiger partial charge in [-0.3, -0.25) is 4.79 Å². The highest BCUT2D eigenvalue weighted by Gasteiger charge is 2.22. The van der Waals surface area contributed by atoms with Crippen LogP contribution in [0.15, 0.2) is 30.3 Å². The Balaban J connectivity index is 2.16. The molecule has 1 aliphatic rings. The third-order valence-electron chi connectivity index (χ3n) is 3.22. The van der Waals surface area contributed by atoms with Gasteiger partial charge in [-0.25, -0.2) is 4.79 Å². The minimum atomic E-state index is -0.646. The van der Waals surface area contributed by atoms with Crippen LogP contribution < -0.4 is 5.32 Å². The van der Waals surface area contributed by atoms with Gasteiger partial charge in [-0.15, -0.1) is 0 Å². The van der Waals surface area contributed by atoms with E-state index in [9.17, 15) is 9.59 Å². The molecule has 0 radical (unpaired) electrons. The molecule has 1 aromatic carbocycles. The first-order chi connectivity index (χ1) is 9.13. The smallest absolute Gasteiger partial charge is 0.328 e. The van der Waals surface area contributed by atoms with Crippen molar-refractivity contribution in [3.05, 3.63) is 41.5 Å². The molecule has 1 amide bonds. The number of hydrogen-bond acceptors (Lipinski definition) is 3. The van der Waals surface area contributed by atoms with Crippen molar-refractivity contribution in [2.75, 3.05) is 7.11 Å². The van der Waals surface area contributed by atoms with Crippen molar-refractivity contribution in [2.24, 2.45) is 0 Å². The summed E-state index contributed by atoms with van der Waals surface area (Å²) >= 11 is 0. The van der Waals surface area contributed by atoms with E-state index in [0.29, 0.717) is 5.57 Å². The van der Waals surface area contributed by atoms with Crippen molar-refractivity contribution in [3.63, 3.8) is 0 Å². The van der Waals surface area contributed by atoms with Gasteiger partial charge in [-0.2, -0.15) is 0 Å². The maximum atomic E-state index is 12.2. The number of carbonyl (C=O) groups excluding carboxylic acids is 2. The molecular formula is C15H17NO3. The molecule has 4 heteroatoms. The number of nitrogens with one attached hydrogen (secondary N) is 1. The van der Waals surface area contributed by atoms with E-state index in [1.54, 1.807) is 6.92 Å². The van der Waals surface area contributed by atoms with Gasteiger partial charge < -0.3 is 10.1 Å². The number of carbonyl (C=O) groups is 2. The minimum absolute atomic E-state index is 0.231. The van der Waals surface area contributed by atoms with Gasteiger partial charge >= 0.3 is 5.97 Å². The maximum Gasteiger partial charge on any atom is 0.328 e. The Morgan fingerprint density at radius 2 is 2.05 bits per heavy atom. The Hall–Kier alpha value is -2.10. The lowest BCUT2D eigenvalue weighted by atomic mass is 9.90. The highest BCUT2D eigenvalue weighted by atomic mass is 16.5. The van der Waals surface area contributed by atoms with Crippen LogP contribution in [0.2, 0.25) is 0 Å². The van der Waals surface area contributed by atoms with E-state index in [0.717, 1.165) is 18.4 Å². The molecule has 0 saturated carbocycles. The normalized spacial score (nSPS) is 14.9. The van der Waals surface area contributed by atoms with E-state index in [-0.39, 0.29) is 5.91 Å². The number of rotatable bonds is 3. The Bertz CT molecular complexity index is 534. The van der Waals surface area contributed by atoms with Gasteiger partial charge in [0.2, 0.25) is 0 Å². The summed E-state index contributed by atoms with van der Waals surface area (Å²) in [4.78, 5) is 23.5. The van der Waals surface area contributed by atoms with Crippen LogP contribution in [0, 0.1) is 0 Å². The lowest BCUT2D eigenvalue weighted by molar-refractivity contribution is -0.143. The summed E-state index contributed by atoms with van der Waals surface area (Å²) in [7, 11) is 1.31. The monoisotopic (exact) mass is 259 g/mol. The van der Waals surface area contributed by atoms with Crippen molar-refractivity contribution in [3.8, 4) is 0 Å². The molecule has 1 N–H and O–H groups in total. The third-order valence-corrected chi connectivity index (χ3v) is 3.22. The van der Waals surface area contributed by atoms with E-state index in [2.05, 4.69) is 10.1 Å². The molecule has 0 aliphatic heterocycles. The standard InChI is InChI=1S/C15H17NO3/c1-10(15(18)19-2)16-14(17)13-9-5-7-11-6-3-4-8-12(11)13/h3-4,6,8-10H,5,7H2,1-2H3,(H,16,17). The van der Waals surface area contributed by atoms with Gasteiger partial charge in [0.25, 0.3) is 5.91 Å². The number of ether oxygens (including phenoxy) is 1. The van der Waals surface area contributed by atoms with E-state index in [1.807, 2.05) is 30.3 Å². The predicted octanol–water partition coefficient (Wildman–Crippen LogP) is 1.69. The van der Waals surface area contributed by atoms with E-state index >= 15 is 0 Å². The molecule has 1 unspecified atom stereocenters. The second-order valence-electron chi connectivity index (χ2n) is 4.53. The second-order valence-corrected chi connectivity index (χ2v) is 4.53. The topological polar surface area (TPSA) is 55.4 Å². The van der Waals surface area contributed by atoms with Crippen LogP contribution in [-0.2, 0) is 20.7 Å². The number of fused-ring (bicyclic) bond motifs is 1. The van der Waals surface area contributed by atoms with Gasteiger partial charge in [0, 0.05) is 5.57 Å². The first kappa shape index (κ1) is 13.3. The SMILES string of the molecule is COC(=O)C(C)NC(=O)C1=CCCc2ccccc21. The van der Waals surface area contributed by atoms with Gasteiger partial charge in [-0.1, -0.05) is 30.3 Å². The van der Waals surface area contributed by atoms with E-state index < -0.39 is 12.0 Å². The molecule has 2 rings (SSSR count). The molecule has 4 nitrogen and oxygen atoms in total. The van der Waals surface area contributed by atoms with E-state index in [1.165, 1.54) is 12.7 Å². The highest BCUT2D eigenvalue weighted by Crippen LogP contribution is 2.26. The molecule has 19 heavy (non-hydrogen) atoms. The molecule has 0 saturated heterocycles. The van der Waals surface area contributed by atoms with Crippen LogP contribution in [0.1, 0.15) is 24.5 Å². The second kappa shape index (κ2) is 5.69. The molecule has 0 heterocycles. The molecule has 100 valence electrons. The Morgan fingerprint density at radius 3 is 2.79 bits per heavy atom. The number of amides is 1. The van der Waals surface area contributed by atoms with Crippen LogP contribution in [0.25, 0.3) is 5.57 Å². The van der Waals surface area contributed by atoms with E-state index in [4.69, 9.17) is 0 Å². The summed E-state index contributed by atoms with van der Waals surface area (Å²) in [5, 5.41) is 2.66. The summed E-state index contributed by atoms with van der Waals surface area (Å²) in [5.74, 6) is -0.678. The zero-order valence-electron chi connectivity index (χ0n) is 11.1.